The van der Waals surface area contributed by atoms with Crippen LogP contribution in [0.4, 0.5) is 10.1 Å². The Bertz CT molecular complexity index is 1000. The maximum absolute atomic E-state index is 13.7. The number of amides is 2. The quantitative estimate of drug-likeness (QED) is 0.628. The largest absolute Gasteiger partial charge is 0.494 e. The molecule has 2 N–H and O–H groups in total. The van der Waals surface area contributed by atoms with Crippen molar-refractivity contribution in [2.24, 2.45) is 7.05 Å². The lowest BCUT2D eigenvalue weighted by Gasteiger charge is -2.19. The minimum Gasteiger partial charge on any atom is -0.494 e. The zero-order chi connectivity index (χ0) is 20.8. The fourth-order valence-corrected chi connectivity index (χ4v) is 2.82. The van der Waals surface area contributed by atoms with Gasteiger partial charge in [-0.05, 0) is 48.9 Å². The van der Waals surface area contributed by atoms with Crippen LogP contribution in [0.5, 0.6) is 5.75 Å². The lowest BCUT2D eigenvalue weighted by Crippen LogP contribution is -2.39. The van der Waals surface area contributed by atoms with E-state index in [1.165, 1.54) is 18.2 Å². The summed E-state index contributed by atoms with van der Waals surface area (Å²) in [5.74, 6) is -1.02. The summed E-state index contributed by atoms with van der Waals surface area (Å²) in [7, 11) is 1.75. The van der Waals surface area contributed by atoms with E-state index in [9.17, 15) is 14.0 Å². The standard InChI is InChI=1S/C21H21FN4O3/c1-3-29-17-9-7-16(8-10-17)24-20(27)21(28)25-18(19-23-11-12-26(19)2)14-5-4-6-15(22)13-14/h4-13,18H,3H2,1-2H3,(H,24,27)(H,25,28). The molecule has 150 valence electrons. The van der Waals surface area contributed by atoms with Gasteiger partial charge >= 0.3 is 11.8 Å². The van der Waals surface area contributed by atoms with Crippen LogP contribution in [-0.2, 0) is 16.6 Å². The molecule has 3 rings (SSSR count). The number of hydrogen-bond acceptors (Lipinski definition) is 4. The molecular formula is C21H21FN4O3. The number of nitrogens with zero attached hydrogens (tertiary/aromatic N) is 2. The Morgan fingerprint density at radius 3 is 2.55 bits per heavy atom. The van der Waals surface area contributed by atoms with Gasteiger partial charge in [0.05, 0.1) is 6.61 Å². The van der Waals surface area contributed by atoms with Gasteiger partial charge in [-0.1, -0.05) is 12.1 Å². The molecule has 0 saturated carbocycles. The number of aryl methyl sites for hydroxylation is 1. The SMILES string of the molecule is CCOc1ccc(NC(=O)C(=O)NC(c2cccc(F)c2)c2nccn2C)cc1. The second-order valence-corrected chi connectivity index (χ2v) is 6.27. The van der Waals surface area contributed by atoms with Crippen LogP contribution in [0.3, 0.4) is 0 Å². The Morgan fingerprint density at radius 2 is 1.93 bits per heavy atom. The molecule has 0 spiro atoms. The Kier molecular flexibility index (Phi) is 6.23. The van der Waals surface area contributed by atoms with E-state index in [0.29, 0.717) is 29.4 Å². The van der Waals surface area contributed by atoms with Crippen LogP contribution >= 0.6 is 0 Å². The smallest absolute Gasteiger partial charge is 0.313 e. The van der Waals surface area contributed by atoms with Crippen LogP contribution in [-0.4, -0.2) is 28.0 Å². The van der Waals surface area contributed by atoms with Gasteiger partial charge in [0.2, 0.25) is 0 Å². The Morgan fingerprint density at radius 1 is 1.17 bits per heavy atom. The van der Waals surface area contributed by atoms with E-state index in [0.717, 1.165) is 0 Å². The van der Waals surface area contributed by atoms with Crippen LogP contribution in [0.1, 0.15) is 24.4 Å². The molecule has 7 nitrogen and oxygen atoms in total. The van der Waals surface area contributed by atoms with E-state index in [4.69, 9.17) is 4.74 Å². The van der Waals surface area contributed by atoms with Gasteiger partial charge in [-0.3, -0.25) is 9.59 Å². The second kappa shape index (κ2) is 9.01. The summed E-state index contributed by atoms with van der Waals surface area (Å²) in [5.41, 5.74) is 0.925. The van der Waals surface area contributed by atoms with Crippen molar-refractivity contribution < 1.29 is 18.7 Å². The Hall–Kier alpha value is -3.68. The molecule has 1 atom stereocenters. The van der Waals surface area contributed by atoms with Crippen molar-refractivity contribution in [2.75, 3.05) is 11.9 Å². The lowest BCUT2D eigenvalue weighted by molar-refractivity contribution is -0.136. The van der Waals surface area contributed by atoms with E-state index in [1.54, 1.807) is 54.3 Å². The summed E-state index contributed by atoms with van der Waals surface area (Å²) in [6.45, 7) is 2.40. The lowest BCUT2D eigenvalue weighted by atomic mass is 10.1. The highest BCUT2D eigenvalue weighted by molar-refractivity contribution is 6.39. The number of ether oxygens (including phenoxy) is 1. The average molecular weight is 396 g/mol. The Labute approximate surface area is 167 Å². The number of carbonyl (C=O) groups is 2. The van der Waals surface area contributed by atoms with Gasteiger partial charge in [0, 0.05) is 25.1 Å². The summed E-state index contributed by atoms with van der Waals surface area (Å²) in [6.07, 6.45) is 3.27. The summed E-state index contributed by atoms with van der Waals surface area (Å²) < 4.78 is 20.8. The maximum Gasteiger partial charge on any atom is 0.313 e. The number of carbonyl (C=O) groups excluding carboxylic acids is 2. The number of nitrogens with one attached hydrogen (secondary N) is 2. The fraction of sp³-hybridized carbons (Fsp3) is 0.190. The van der Waals surface area contributed by atoms with Crippen molar-refractivity contribution in [2.45, 2.75) is 13.0 Å². The van der Waals surface area contributed by atoms with Gasteiger partial charge in [-0.25, -0.2) is 9.37 Å². The molecule has 0 radical (unpaired) electrons. The van der Waals surface area contributed by atoms with E-state index < -0.39 is 23.7 Å². The molecule has 0 saturated heterocycles. The normalized spacial score (nSPS) is 11.6. The summed E-state index contributed by atoms with van der Waals surface area (Å²) >= 11 is 0. The van der Waals surface area contributed by atoms with E-state index >= 15 is 0 Å². The van der Waals surface area contributed by atoms with Crippen molar-refractivity contribution >= 4 is 17.5 Å². The van der Waals surface area contributed by atoms with Gasteiger partial charge in [0.25, 0.3) is 0 Å². The molecule has 8 heteroatoms. The first-order valence-corrected chi connectivity index (χ1v) is 9.05. The number of hydrogen-bond donors (Lipinski definition) is 2. The third kappa shape index (κ3) is 4.98. The van der Waals surface area contributed by atoms with Crippen molar-refractivity contribution in [1.82, 2.24) is 14.9 Å². The zero-order valence-electron chi connectivity index (χ0n) is 16.1. The van der Waals surface area contributed by atoms with Crippen molar-refractivity contribution in [3.63, 3.8) is 0 Å². The highest BCUT2D eigenvalue weighted by Gasteiger charge is 2.24. The van der Waals surface area contributed by atoms with Crippen LogP contribution in [0.15, 0.2) is 60.9 Å². The first-order chi connectivity index (χ1) is 14.0. The minimum atomic E-state index is -0.865. The van der Waals surface area contributed by atoms with Crippen LogP contribution in [0, 0.1) is 5.82 Å². The molecule has 0 aliphatic carbocycles. The van der Waals surface area contributed by atoms with Crippen LogP contribution < -0.4 is 15.4 Å². The average Bonchev–Trinajstić information content (AvgIpc) is 3.13. The van der Waals surface area contributed by atoms with Crippen molar-refractivity contribution in [1.29, 1.82) is 0 Å². The number of benzene rings is 2. The highest BCUT2D eigenvalue weighted by atomic mass is 19.1. The molecule has 1 aromatic heterocycles. The molecule has 0 aliphatic heterocycles. The summed E-state index contributed by atoms with van der Waals surface area (Å²) in [5, 5.41) is 5.16. The fourth-order valence-electron chi connectivity index (χ4n) is 2.82. The molecule has 1 unspecified atom stereocenters. The molecule has 0 fully saturated rings. The van der Waals surface area contributed by atoms with Gasteiger partial charge in [-0.2, -0.15) is 0 Å². The van der Waals surface area contributed by atoms with E-state index in [1.807, 2.05) is 6.92 Å². The predicted molar refractivity (Wildman–Crippen MR) is 106 cm³/mol. The summed E-state index contributed by atoms with van der Waals surface area (Å²) in [4.78, 5) is 29.1. The molecule has 2 aromatic carbocycles. The third-order valence-electron chi connectivity index (χ3n) is 4.20. The third-order valence-corrected chi connectivity index (χ3v) is 4.20. The molecule has 29 heavy (non-hydrogen) atoms. The van der Waals surface area contributed by atoms with Gasteiger partial charge < -0.3 is 19.9 Å². The molecule has 0 aliphatic rings. The number of halogens is 1. The minimum absolute atomic E-state index is 0.449. The molecule has 0 bridgehead atoms. The number of rotatable bonds is 6. The topological polar surface area (TPSA) is 85.2 Å². The van der Waals surface area contributed by atoms with Gasteiger partial charge in [0.15, 0.2) is 0 Å². The van der Waals surface area contributed by atoms with Crippen LogP contribution in [0.2, 0.25) is 0 Å². The molecule has 3 aromatic rings. The second-order valence-electron chi connectivity index (χ2n) is 6.27. The van der Waals surface area contributed by atoms with Gasteiger partial charge in [0.1, 0.15) is 23.4 Å². The summed E-state index contributed by atoms with van der Waals surface area (Å²) in [6, 6.07) is 11.7. The van der Waals surface area contributed by atoms with Crippen LogP contribution in [0.25, 0.3) is 0 Å². The predicted octanol–water partition coefficient (Wildman–Crippen LogP) is 2.80. The maximum atomic E-state index is 13.7. The molecule has 2 amide bonds. The Balaban J connectivity index is 1.75. The highest BCUT2D eigenvalue weighted by Crippen LogP contribution is 2.21. The first-order valence-electron chi connectivity index (χ1n) is 9.05. The molecule has 1 heterocycles. The van der Waals surface area contributed by atoms with Crippen molar-refractivity contribution in [3.8, 4) is 5.75 Å². The number of anilines is 1. The van der Waals surface area contributed by atoms with E-state index in [-0.39, 0.29) is 0 Å². The number of aromatic nitrogens is 2. The monoisotopic (exact) mass is 396 g/mol. The first kappa shape index (κ1) is 20.1. The molecular weight excluding hydrogens is 375 g/mol. The zero-order valence-corrected chi connectivity index (χ0v) is 16.1. The van der Waals surface area contributed by atoms with Gasteiger partial charge in [-0.15, -0.1) is 0 Å². The van der Waals surface area contributed by atoms with E-state index in [2.05, 4.69) is 15.6 Å². The number of imidazole rings is 1. The van der Waals surface area contributed by atoms with Crippen molar-refractivity contribution in [3.05, 3.63) is 78.1 Å².